The zero-order chi connectivity index (χ0) is 18.8. The highest BCUT2D eigenvalue weighted by Crippen LogP contribution is 2.36. The van der Waals surface area contributed by atoms with Crippen LogP contribution in [0.25, 0.3) is 0 Å². The van der Waals surface area contributed by atoms with Gasteiger partial charge < -0.3 is 15.0 Å². The van der Waals surface area contributed by atoms with E-state index in [1.54, 1.807) is 30.3 Å². The Morgan fingerprint density at radius 1 is 1.07 bits per heavy atom. The number of benzene rings is 2. The van der Waals surface area contributed by atoms with E-state index in [1.165, 1.54) is 25.0 Å². The third kappa shape index (κ3) is 3.45. The van der Waals surface area contributed by atoms with Crippen LogP contribution in [0.15, 0.2) is 42.5 Å². The third-order valence-electron chi connectivity index (χ3n) is 5.09. The van der Waals surface area contributed by atoms with Crippen molar-refractivity contribution in [3.8, 4) is 5.75 Å². The molecule has 1 saturated heterocycles. The van der Waals surface area contributed by atoms with Gasteiger partial charge in [-0.2, -0.15) is 0 Å². The first kappa shape index (κ1) is 17.3. The van der Waals surface area contributed by atoms with E-state index in [9.17, 15) is 14.9 Å². The van der Waals surface area contributed by atoms with Crippen LogP contribution in [0.2, 0.25) is 0 Å². The van der Waals surface area contributed by atoms with Gasteiger partial charge in [0.15, 0.2) is 0 Å². The number of carbonyl (C=O) groups excluding carboxylic acids is 1. The van der Waals surface area contributed by atoms with Gasteiger partial charge in [0, 0.05) is 36.5 Å². The third-order valence-corrected chi connectivity index (χ3v) is 5.09. The number of nitrogens with zero attached hydrogens (tertiary/aromatic N) is 2. The number of amides is 1. The lowest BCUT2D eigenvalue weighted by molar-refractivity contribution is -0.385. The fourth-order valence-electron chi connectivity index (χ4n) is 3.72. The van der Waals surface area contributed by atoms with Crippen molar-refractivity contribution in [2.45, 2.75) is 31.9 Å². The van der Waals surface area contributed by atoms with E-state index < -0.39 is 11.2 Å². The van der Waals surface area contributed by atoms with Gasteiger partial charge in [-0.25, -0.2) is 0 Å². The van der Waals surface area contributed by atoms with E-state index in [0.29, 0.717) is 16.9 Å². The number of rotatable bonds is 3. The maximum absolute atomic E-state index is 12.5. The first-order chi connectivity index (χ1) is 13.1. The summed E-state index contributed by atoms with van der Waals surface area (Å²) in [5.41, 5.74) is 1.96. The Morgan fingerprint density at radius 3 is 2.56 bits per heavy atom. The molecule has 2 heterocycles. The van der Waals surface area contributed by atoms with Crippen LogP contribution < -0.4 is 15.0 Å². The van der Waals surface area contributed by atoms with Gasteiger partial charge >= 0.3 is 0 Å². The van der Waals surface area contributed by atoms with Crippen LogP contribution in [0, 0.1) is 10.1 Å². The van der Waals surface area contributed by atoms with E-state index >= 15 is 0 Å². The van der Waals surface area contributed by atoms with E-state index in [1.807, 2.05) is 0 Å². The Balaban J connectivity index is 1.74. The van der Waals surface area contributed by atoms with Gasteiger partial charge in [-0.3, -0.25) is 14.9 Å². The van der Waals surface area contributed by atoms with Gasteiger partial charge in [-0.05, 0) is 31.0 Å². The van der Waals surface area contributed by atoms with Crippen molar-refractivity contribution in [1.82, 2.24) is 5.32 Å². The second-order valence-electron chi connectivity index (χ2n) is 6.87. The number of carbonyl (C=O) groups is 1. The van der Waals surface area contributed by atoms with Crippen LogP contribution in [0.5, 0.6) is 5.75 Å². The van der Waals surface area contributed by atoms with Crippen molar-refractivity contribution in [2.75, 3.05) is 18.0 Å². The maximum Gasteiger partial charge on any atom is 0.270 e. The number of ether oxygens (including phenoxy) is 1. The van der Waals surface area contributed by atoms with E-state index in [-0.39, 0.29) is 11.6 Å². The van der Waals surface area contributed by atoms with Gasteiger partial charge in [-0.15, -0.1) is 0 Å². The molecule has 0 radical (unpaired) electrons. The Bertz CT molecular complexity index is 875. The van der Waals surface area contributed by atoms with Gasteiger partial charge in [-0.1, -0.05) is 25.0 Å². The summed E-state index contributed by atoms with van der Waals surface area (Å²) in [4.78, 5) is 25.6. The number of non-ortho nitro benzene ring substituents is 1. The van der Waals surface area contributed by atoms with Crippen molar-refractivity contribution in [3.05, 3.63) is 63.7 Å². The molecule has 0 saturated carbocycles. The molecule has 0 aromatic heterocycles. The van der Waals surface area contributed by atoms with Crippen LogP contribution in [0.3, 0.4) is 0 Å². The summed E-state index contributed by atoms with van der Waals surface area (Å²) in [6, 6.07) is 11.8. The topological polar surface area (TPSA) is 84.7 Å². The van der Waals surface area contributed by atoms with Gasteiger partial charge in [0.2, 0.25) is 6.23 Å². The average Bonchev–Trinajstić information content (AvgIpc) is 2.97. The molecule has 2 aliphatic rings. The Labute approximate surface area is 157 Å². The highest BCUT2D eigenvalue weighted by molar-refractivity contribution is 5.98. The molecule has 27 heavy (non-hydrogen) atoms. The van der Waals surface area contributed by atoms with Gasteiger partial charge in [0.1, 0.15) is 5.75 Å². The lowest BCUT2D eigenvalue weighted by atomic mass is 10.1. The Kier molecular flexibility index (Phi) is 4.66. The van der Waals surface area contributed by atoms with E-state index in [0.717, 1.165) is 31.6 Å². The molecule has 1 N–H and O–H groups in total. The number of nitrogens with one attached hydrogen (secondary N) is 1. The second-order valence-corrected chi connectivity index (χ2v) is 6.87. The molecule has 0 bridgehead atoms. The molecule has 7 heteroatoms. The molecule has 0 unspecified atom stereocenters. The molecule has 2 aliphatic heterocycles. The molecular formula is C20H21N3O4. The smallest absolute Gasteiger partial charge is 0.270 e. The van der Waals surface area contributed by atoms with Gasteiger partial charge in [0.25, 0.3) is 11.6 Å². The van der Waals surface area contributed by atoms with Crippen LogP contribution >= 0.6 is 0 Å². The predicted molar refractivity (Wildman–Crippen MR) is 101 cm³/mol. The predicted octanol–water partition coefficient (Wildman–Crippen LogP) is 3.80. The van der Waals surface area contributed by atoms with Crippen molar-refractivity contribution < 1.29 is 14.5 Å². The summed E-state index contributed by atoms with van der Waals surface area (Å²) < 4.78 is 6.00. The summed E-state index contributed by atoms with van der Waals surface area (Å²) in [6.07, 6.45) is 3.77. The normalized spacial score (nSPS) is 19.5. The fraction of sp³-hybridized carbons (Fsp3) is 0.350. The Hall–Kier alpha value is -3.09. The molecule has 1 fully saturated rings. The van der Waals surface area contributed by atoms with E-state index in [4.69, 9.17) is 4.74 Å². The molecule has 0 aliphatic carbocycles. The summed E-state index contributed by atoms with van der Waals surface area (Å²) in [5.74, 6) is 0.245. The van der Waals surface area contributed by atoms with Crippen molar-refractivity contribution in [3.63, 3.8) is 0 Å². The summed E-state index contributed by atoms with van der Waals surface area (Å²) >= 11 is 0. The molecule has 1 atom stereocenters. The largest absolute Gasteiger partial charge is 0.465 e. The van der Waals surface area contributed by atoms with Crippen molar-refractivity contribution in [2.24, 2.45) is 0 Å². The van der Waals surface area contributed by atoms with E-state index in [2.05, 4.69) is 10.2 Å². The number of fused-ring (bicyclic) bond motifs is 1. The minimum atomic E-state index is -0.759. The molecular weight excluding hydrogens is 346 g/mol. The highest BCUT2D eigenvalue weighted by atomic mass is 16.6. The first-order valence-corrected chi connectivity index (χ1v) is 9.23. The molecule has 0 spiro atoms. The van der Waals surface area contributed by atoms with Crippen LogP contribution in [-0.2, 0) is 0 Å². The summed E-state index contributed by atoms with van der Waals surface area (Å²) in [7, 11) is 0. The second kappa shape index (κ2) is 7.26. The standard InChI is InChI=1S/C20H21N3O4/c24-19-15-7-3-4-8-18(15)27-20(21-19)16-13-14(23(25)26)9-10-17(16)22-11-5-1-2-6-12-22/h3-4,7-10,13,20H,1-2,5-6,11-12H2,(H,21,24)/t20-/m0/s1. The molecule has 2 aromatic carbocycles. The first-order valence-electron chi connectivity index (χ1n) is 9.23. The van der Waals surface area contributed by atoms with Crippen molar-refractivity contribution in [1.29, 1.82) is 0 Å². The molecule has 4 rings (SSSR count). The maximum atomic E-state index is 12.5. The van der Waals surface area contributed by atoms with Crippen LogP contribution in [0.4, 0.5) is 11.4 Å². The average molecular weight is 367 g/mol. The fourth-order valence-corrected chi connectivity index (χ4v) is 3.72. The van der Waals surface area contributed by atoms with Gasteiger partial charge in [0.05, 0.1) is 10.5 Å². The summed E-state index contributed by atoms with van der Waals surface area (Å²) in [6.45, 7) is 1.78. The number of nitro benzene ring substituents is 1. The van der Waals surface area contributed by atoms with Crippen molar-refractivity contribution >= 4 is 17.3 Å². The minimum Gasteiger partial charge on any atom is -0.465 e. The Morgan fingerprint density at radius 2 is 1.81 bits per heavy atom. The lowest BCUT2D eigenvalue weighted by Gasteiger charge is -2.31. The highest BCUT2D eigenvalue weighted by Gasteiger charge is 2.30. The zero-order valence-corrected chi connectivity index (χ0v) is 14.9. The van der Waals surface area contributed by atoms with Crippen LogP contribution in [0.1, 0.15) is 47.8 Å². The number of hydrogen-bond acceptors (Lipinski definition) is 5. The summed E-state index contributed by atoms with van der Waals surface area (Å²) in [5, 5.41) is 14.1. The quantitative estimate of drug-likeness (QED) is 0.659. The molecule has 140 valence electrons. The molecule has 7 nitrogen and oxygen atoms in total. The zero-order valence-electron chi connectivity index (χ0n) is 14.9. The number of hydrogen-bond donors (Lipinski definition) is 1. The number of nitro groups is 1. The monoisotopic (exact) mass is 367 g/mol. The molecule has 2 aromatic rings. The SMILES string of the molecule is O=C1N[C@H](c2cc([N+](=O)[O-])ccc2N2CCCCCC2)Oc2ccccc21. The molecule has 1 amide bonds. The number of para-hydroxylation sites is 1. The van der Waals surface area contributed by atoms with Crippen LogP contribution in [-0.4, -0.2) is 23.9 Å². The minimum absolute atomic E-state index is 0.0136. The number of anilines is 1. The lowest BCUT2D eigenvalue weighted by Crippen LogP contribution is -2.38.